The van der Waals surface area contributed by atoms with Gasteiger partial charge >= 0.3 is 19.7 Å². The molecular formula is C21H29FNO7P. The quantitative estimate of drug-likeness (QED) is 0.484. The predicted octanol–water partition coefficient (Wildman–Crippen LogP) is 5.67. The van der Waals surface area contributed by atoms with E-state index in [1.165, 1.54) is 12.1 Å². The molecule has 0 aliphatic rings. The summed E-state index contributed by atoms with van der Waals surface area (Å²) in [6.45, 7) is 9.58. The summed E-state index contributed by atoms with van der Waals surface area (Å²) in [6.07, 6.45) is -0.651. The number of benzene rings is 1. The van der Waals surface area contributed by atoms with Crippen LogP contribution in [0.5, 0.6) is 0 Å². The second-order valence-electron chi connectivity index (χ2n) is 8.20. The minimum Gasteiger partial charge on any atom is -0.477 e. The maximum absolute atomic E-state index is 14.8. The fourth-order valence-corrected chi connectivity index (χ4v) is 4.70. The topological polar surface area (TPSA) is 104 Å². The average Bonchev–Trinajstić information content (AvgIpc) is 2.99. The molecule has 0 unspecified atom stereocenters. The molecule has 8 nitrogen and oxygen atoms in total. The second-order valence-corrected chi connectivity index (χ2v) is 10.3. The van der Waals surface area contributed by atoms with Gasteiger partial charge in [-0.05, 0) is 43.9 Å². The maximum atomic E-state index is 14.8. The predicted molar refractivity (Wildman–Crippen MR) is 114 cm³/mol. The van der Waals surface area contributed by atoms with Crippen molar-refractivity contribution in [2.45, 2.75) is 47.2 Å². The lowest BCUT2D eigenvalue weighted by molar-refractivity contribution is 0.0680. The number of aromatic nitrogens is 1. The van der Waals surface area contributed by atoms with E-state index in [1.54, 1.807) is 13.8 Å². The van der Waals surface area contributed by atoms with E-state index >= 15 is 0 Å². The summed E-state index contributed by atoms with van der Waals surface area (Å²) in [7, 11) is -3.57. The van der Waals surface area contributed by atoms with E-state index in [1.807, 2.05) is 20.8 Å². The van der Waals surface area contributed by atoms with Gasteiger partial charge in [-0.3, -0.25) is 4.57 Å². The van der Waals surface area contributed by atoms with Gasteiger partial charge in [-0.25, -0.2) is 18.5 Å². The zero-order chi connectivity index (χ0) is 23.4. The van der Waals surface area contributed by atoms with E-state index in [-0.39, 0.29) is 48.2 Å². The van der Waals surface area contributed by atoms with Crippen LogP contribution in [0.25, 0.3) is 10.9 Å². The maximum Gasteiger partial charge on any atom is 0.419 e. The Balaban J connectivity index is 2.45. The number of carbonyl (C=O) groups excluding carboxylic acids is 1. The Morgan fingerprint density at radius 1 is 1.13 bits per heavy atom. The van der Waals surface area contributed by atoms with Crippen molar-refractivity contribution >= 4 is 30.6 Å². The molecule has 0 fully saturated rings. The van der Waals surface area contributed by atoms with Gasteiger partial charge < -0.3 is 18.9 Å². The van der Waals surface area contributed by atoms with Crippen molar-refractivity contribution in [2.75, 3.05) is 19.8 Å². The Morgan fingerprint density at radius 3 is 2.26 bits per heavy atom. The zero-order valence-electron chi connectivity index (χ0n) is 18.4. The molecule has 1 N–H and O–H groups in total. The normalized spacial score (nSPS) is 12.3. The number of aromatic carboxylic acids is 1. The van der Waals surface area contributed by atoms with Crippen LogP contribution in [0.4, 0.5) is 9.18 Å². The van der Waals surface area contributed by atoms with Crippen LogP contribution in [0.15, 0.2) is 18.2 Å². The summed E-state index contributed by atoms with van der Waals surface area (Å²) in [4.78, 5) is 24.3. The third kappa shape index (κ3) is 6.38. The highest BCUT2D eigenvalue weighted by atomic mass is 31.2. The van der Waals surface area contributed by atoms with Gasteiger partial charge in [0.25, 0.3) is 0 Å². The van der Waals surface area contributed by atoms with Crippen molar-refractivity contribution in [3.8, 4) is 0 Å². The molecule has 0 radical (unpaired) electrons. The summed E-state index contributed by atoms with van der Waals surface area (Å²) < 4.78 is 44.1. The molecule has 0 bridgehead atoms. The molecule has 0 aliphatic carbocycles. The first-order chi connectivity index (χ1) is 14.4. The van der Waals surface area contributed by atoms with Crippen molar-refractivity contribution in [1.29, 1.82) is 0 Å². The third-order valence-corrected chi connectivity index (χ3v) is 6.50. The first kappa shape index (κ1) is 25.0. The van der Waals surface area contributed by atoms with E-state index in [0.29, 0.717) is 11.8 Å². The number of carbonyl (C=O) groups is 2. The molecule has 0 spiro atoms. The monoisotopic (exact) mass is 457 g/mol. The van der Waals surface area contributed by atoms with Crippen LogP contribution >= 0.6 is 7.60 Å². The van der Waals surface area contributed by atoms with Gasteiger partial charge in [-0.15, -0.1) is 0 Å². The van der Waals surface area contributed by atoms with Crippen molar-refractivity contribution in [3.05, 3.63) is 35.3 Å². The van der Waals surface area contributed by atoms with Crippen LogP contribution < -0.4 is 0 Å². The number of fused-ring (bicyclic) bond motifs is 1. The molecular weight excluding hydrogens is 428 g/mol. The third-order valence-electron chi connectivity index (χ3n) is 4.46. The Hall–Kier alpha value is -2.22. The van der Waals surface area contributed by atoms with Crippen LogP contribution in [0, 0.1) is 11.2 Å². The Bertz CT molecular complexity index is 999. The smallest absolute Gasteiger partial charge is 0.419 e. The number of carboxylic acid groups (broad SMARTS) is 1. The molecule has 10 heteroatoms. The highest BCUT2D eigenvalue weighted by Crippen LogP contribution is 2.51. The van der Waals surface area contributed by atoms with Gasteiger partial charge in [0.1, 0.15) is 11.5 Å². The molecule has 0 atom stereocenters. The van der Waals surface area contributed by atoms with Crippen molar-refractivity contribution < 1.29 is 37.4 Å². The van der Waals surface area contributed by atoms with E-state index in [9.17, 15) is 23.7 Å². The lowest BCUT2D eigenvalue weighted by Crippen LogP contribution is -2.21. The standard InChI is InChI=1S/C21H29FNO7P/c1-6-29-31(27,30-7-2)13-15-10-14-11-18(19(24)25)23(17(14)12-16(15)22)20(26)28-9-8-21(3,4)5/h10-12H,6-9,13H2,1-5H3,(H,24,25). The van der Waals surface area contributed by atoms with Gasteiger partial charge in [-0.1, -0.05) is 20.8 Å². The molecule has 2 aromatic rings. The van der Waals surface area contributed by atoms with Gasteiger partial charge in [0.05, 0.1) is 31.5 Å². The first-order valence-corrected chi connectivity index (χ1v) is 11.8. The fourth-order valence-electron chi connectivity index (χ4n) is 2.99. The second kappa shape index (κ2) is 9.94. The van der Waals surface area contributed by atoms with Crippen LogP contribution in [0.2, 0.25) is 0 Å². The molecule has 2 rings (SSSR count). The summed E-state index contributed by atoms with van der Waals surface area (Å²) in [5, 5.41) is 9.82. The molecule has 1 heterocycles. The molecule has 0 amide bonds. The van der Waals surface area contributed by atoms with Gasteiger partial charge in [0.15, 0.2) is 0 Å². The molecule has 0 saturated heterocycles. The minimum absolute atomic E-state index is 0.0351. The first-order valence-electron chi connectivity index (χ1n) is 10.0. The molecule has 1 aromatic carbocycles. The average molecular weight is 457 g/mol. The number of nitrogens with zero attached hydrogens (tertiary/aromatic N) is 1. The number of ether oxygens (including phenoxy) is 1. The van der Waals surface area contributed by atoms with Gasteiger partial charge in [0, 0.05) is 10.9 Å². The van der Waals surface area contributed by atoms with E-state index in [4.69, 9.17) is 13.8 Å². The molecule has 1 aromatic heterocycles. The van der Waals surface area contributed by atoms with E-state index in [0.717, 1.165) is 10.6 Å². The summed E-state index contributed by atoms with van der Waals surface area (Å²) in [5.74, 6) is -2.12. The SMILES string of the molecule is CCOP(=O)(Cc1cc2cc(C(=O)O)n(C(=O)OCCC(C)(C)C)c2cc1F)OCC. The number of hydrogen-bond donors (Lipinski definition) is 1. The zero-order valence-corrected chi connectivity index (χ0v) is 19.3. The largest absolute Gasteiger partial charge is 0.477 e. The summed E-state index contributed by atoms with van der Waals surface area (Å²) >= 11 is 0. The lowest BCUT2D eigenvalue weighted by atomic mass is 9.93. The molecule has 31 heavy (non-hydrogen) atoms. The van der Waals surface area contributed by atoms with E-state index in [2.05, 4.69) is 0 Å². The fraction of sp³-hybridized carbons (Fsp3) is 0.524. The number of hydrogen-bond acceptors (Lipinski definition) is 6. The molecule has 0 aliphatic heterocycles. The van der Waals surface area contributed by atoms with E-state index < -0.39 is 25.5 Å². The summed E-state index contributed by atoms with van der Waals surface area (Å²) in [6, 6.07) is 3.63. The van der Waals surface area contributed by atoms with Crippen molar-refractivity contribution in [2.24, 2.45) is 5.41 Å². The van der Waals surface area contributed by atoms with Crippen LogP contribution in [0.1, 0.15) is 57.1 Å². The Labute approximate surface area is 180 Å². The van der Waals surface area contributed by atoms with Crippen molar-refractivity contribution in [1.82, 2.24) is 4.57 Å². The lowest BCUT2D eigenvalue weighted by Gasteiger charge is -2.18. The highest BCUT2D eigenvalue weighted by molar-refractivity contribution is 7.53. The van der Waals surface area contributed by atoms with Crippen molar-refractivity contribution in [3.63, 3.8) is 0 Å². The van der Waals surface area contributed by atoms with Crippen LogP contribution in [-0.4, -0.2) is 41.6 Å². The Morgan fingerprint density at radius 2 is 1.74 bits per heavy atom. The highest BCUT2D eigenvalue weighted by Gasteiger charge is 2.28. The molecule has 172 valence electrons. The van der Waals surface area contributed by atoms with Crippen LogP contribution in [-0.2, 0) is 24.5 Å². The molecule has 0 saturated carbocycles. The number of rotatable bonds is 9. The van der Waals surface area contributed by atoms with Gasteiger partial charge in [0.2, 0.25) is 0 Å². The number of halogens is 1. The number of carboxylic acids is 1. The van der Waals surface area contributed by atoms with Gasteiger partial charge in [-0.2, -0.15) is 0 Å². The summed E-state index contributed by atoms with van der Waals surface area (Å²) in [5.41, 5.74) is -0.356. The van der Waals surface area contributed by atoms with Crippen LogP contribution in [0.3, 0.4) is 0 Å². The minimum atomic E-state index is -3.57. The Kier molecular flexibility index (Phi) is 8.03.